The third kappa shape index (κ3) is 5.48. The lowest BCUT2D eigenvalue weighted by Crippen LogP contribution is -2.37. The molecule has 1 aliphatic heterocycles. The lowest BCUT2D eigenvalue weighted by molar-refractivity contribution is -0.385. The summed E-state index contributed by atoms with van der Waals surface area (Å²) in [4.78, 5) is 33.4. The Labute approximate surface area is 202 Å². The molecule has 0 atom stereocenters. The van der Waals surface area contributed by atoms with Crippen molar-refractivity contribution in [3.05, 3.63) is 65.0 Å². The number of nitro groups is 1. The number of carbonyl (C=O) groups is 1. The van der Waals surface area contributed by atoms with E-state index in [4.69, 9.17) is 14.2 Å². The summed E-state index contributed by atoms with van der Waals surface area (Å²) < 4.78 is 16.1. The van der Waals surface area contributed by atoms with E-state index in [1.165, 1.54) is 6.33 Å². The van der Waals surface area contributed by atoms with Crippen molar-refractivity contribution in [1.82, 2.24) is 9.97 Å². The van der Waals surface area contributed by atoms with Crippen LogP contribution in [0.5, 0.6) is 17.4 Å². The number of ether oxygens (including phenoxy) is 3. The van der Waals surface area contributed by atoms with Gasteiger partial charge in [0.25, 0.3) is 0 Å². The van der Waals surface area contributed by atoms with E-state index in [9.17, 15) is 14.9 Å². The molecule has 0 unspecified atom stereocenters. The fourth-order valence-electron chi connectivity index (χ4n) is 4.02. The molecule has 0 aliphatic carbocycles. The maximum Gasteiger partial charge on any atom is 0.373 e. The zero-order valence-corrected chi connectivity index (χ0v) is 19.5. The predicted molar refractivity (Wildman–Crippen MR) is 129 cm³/mol. The zero-order chi connectivity index (χ0) is 24.8. The number of carbonyl (C=O) groups excluding carboxylic acids is 1. The molecule has 2 aromatic carbocycles. The van der Waals surface area contributed by atoms with Crippen LogP contribution in [0.2, 0.25) is 0 Å². The highest BCUT2D eigenvalue weighted by Crippen LogP contribution is 2.38. The fraction of sp³-hybridized carbons (Fsp3) is 0.320. The molecule has 182 valence electrons. The van der Waals surface area contributed by atoms with Crippen molar-refractivity contribution >= 4 is 17.5 Å². The van der Waals surface area contributed by atoms with Crippen molar-refractivity contribution in [1.29, 1.82) is 0 Å². The lowest BCUT2D eigenvalue weighted by Gasteiger charge is -2.31. The van der Waals surface area contributed by atoms with Gasteiger partial charge in [0, 0.05) is 13.1 Å². The third-order valence-electron chi connectivity index (χ3n) is 5.86. The Balaban J connectivity index is 1.51. The van der Waals surface area contributed by atoms with Crippen LogP contribution in [0, 0.1) is 16.0 Å². The van der Waals surface area contributed by atoms with E-state index >= 15 is 0 Å². The van der Waals surface area contributed by atoms with E-state index < -0.39 is 4.92 Å². The minimum absolute atomic E-state index is 0.135. The van der Waals surface area contributed by atoms with E-state index in [0.717, 1.165) is 16.9 Å². The number of benzene rings is 2. The summed E-state index contributed by atoms with van der Waals surface area (Å²) in [6.45, 7) is 2.98. The molecule has 1 saturated heterocycles. The summed E-state index contributed by atoms with van der Waals surface area (Å²) in [6, 6.07) is 14.8. The maximum atomic E-state index is 12.0. The van der Waals surface area contributed by atoms with Gasteiger partial charge in [-0.15, -0.1) is 0 Å². The van der Waals surface area contributed by atoms with Crippen molar-refractivity contribution in [2.75, 3.05) is 31.7 Å². The fourth-order valence-corrected chi connectivity index (χ4v) is 4.02. The second kappa shape index (κ2) is 10.8. The first kappa shape index (κ1) is 23.9. The number of hydrogen-bond donors (Lipinski definition) is 0. The number of methoxy groups -OCH3 is 1. The highest BCUT2D eigenvalue weighted by Gasteiger charge is 2.33. The number of piperidine rings is 1. The van der Waals surface area contributed by atoms with Crippen LogP contribution >= 0.6 is 0 Å². The Bertz CT molecular complexity index is 1180. The van der Waals surface area contributed by atoms with E-state index in [1.54, 1.807) is 31.1 Å². The largest absolute Gasteiger partial charge is 0.497 e. The van der Waals surface area contributed by atoms with Crippen molar-refractivity contribution in [3.8, 4) is 28.5 Å². The van der Waals surface area contributed by atoms with Gasteiger partial charge in [-0.25, -0.2) is 4.98 Å². The molecule has 10 nitrogen and oxygen atoms in total. The lowest BCUT2D eigenvalue weighted by atomic mass is 9.97. The second-order valence-electron chi connectivity index (χ2n) is 7.98. The summed E-state index contributed by atoms with van der Waals surface area (Å²) >= 11 is 0. The van der Waals surface area contributed by atoms with Crippen molar-refractivity contribution in [2.45, 2.75) is 19.8 Å². The Hall–Kier alpha value is -4.21. The van der Waals surface area contributed by atoms with E-state index in [-0.39, 0.29) is 29.3 Å². The SMILES string of the molecule is CCOC(=O)C1CCN(c2ncnc(Oc3ccc(-c4ccc(OC)cc4)cc3)c2[N+](=O)[O-])CC1. The van der Waals surface area contributed by atoms with Gasteiger partial charge in [-0.05, 0) is 55.2 Å². The van der Waals surface area contributed by atoms with Crippen molar-refractivity contribution < 1.29 is 23.9 Å². The summed E-state index contributed by atoms with van der Waals surface area (Å²) in [6.07, 6.45) is 2.31. The van der Waals surface area contributed by atoms with E-state index in [2.05, 4.69) is 9.97 Å². The van der Waals surface area contributed by atoms with Crippen LogP contribution in [0.25, 0.3) is 11.1 Å². The normalized spacial score (nSPS) is 13.8. The van der Waals surface area contributed by atoms with Crippen molar-refractivity contribution in [2.24, 2.45) is 5.92 Å². The van der Waals surface area contributed by atoms with Gasteiger partial charge in [-0.3, -0.25) is 14.9 Å². The van der Waals surface area contributed by atoms with Gasteiger partial charge < -0.3 is 19.1 Å². The second-order valence-corrected chi connectivity index (χ2v) is 7.98. The third-order valence-corrected chi connectivity index (χ3v) is 5.86. The highest BCUT2D eigenvalue weighted by molar-refractivity contribution is 5.73. The number of aromatic nitrogens is 2. The molecule has 1 aromatic heterocycles. The maximum absolute atomic E-state index is 12.0. The van der Waals surface area contributed by atoms with Gasteiger partial charge in [0.1, 0.15) is 17.8 Å². The molecule has 0 saturated carbocycles. The molecule has 35 heavy (non-hydrogen) atoms. The molecule has 0 radical (unpaired) electrons. The van der Waals surface area contributed by atoms with Gasteiger partial charge >= 0.3 is 17.5 Å². The molecule has 10 heteroatoms. The zero-order valence-electron chi connectivity index (χ0n) is 19.5. The van der Waals surface area contributed by atoms with Gasteiger partial charge in [-0.2, -0.15) is 4.98 Å². The van der Waals surface area contributed by atoms with E-state index in [1.807, 2.05) is 36.4 Å². The Morgan fingerprint density at radius 1 is 1.03 bits per heavy atom. The predicted octanol–water partition coefficient (Wildman–Crippen LogP) is 4.63. The first-order valence-corrected chi connectivity index (χ1v) is 11.3. The molecular formula is C25H26N4O6. The van der Waals surface area contributed by atoms with Crippen molar-refractivity contribution in [3.63, 3.8) is 0 Å². The molecule has 0 spiro atoms. The Kier molecular flexibility index (Phi) is 7.39. The van der Waals surface area contributed by atoms with Gasteiger partial charge in [0.05, 0.1) is 24.6 Å². The number of nitrogens with zero attached hydrogens (tertiary/aromatic N) is 4. The number of hydrogen-bond acceptors (Lipinski definition) is 9. The Morgan fingerprint density at radius 3 is 2.17 bits per heavy atom. The van der Waals surface area contributed by atoms with Gasteiger partial charge in [0.15, 0.2) is 0 Å². The number of rotatable bonds is 8. The molecule has 2 heterocycles. The summed E-state index contributed by atoms with van der Waals surface area (Å²) in [5, 5.41) is 12.0. The van der Waals surface area contributed by atoms with Crippen LogP contribution in [0.4, 0.5) is 11.5 Å². The quantitative estimate of drug-likeness (QED) is 0.259. The minimum Gasteiger partial charge on any atom is -0.497 e. The molecule has 0 N–H and O–H groups in total. The average Bonchev–Trinajstić information content (AvgIpc) is 2.89. The first-order valence-electron chi connectivity index (χ1n) is 11.3. The summed E-state index contributed by atoms with van der Waals surface area (Å²) in [5.74, 6) is 0.780. The molecule has 3 aromatic rings. The minimum atomic E-state index is -0.534. The van der Waals surface area contributed by atoms with E-state index in [0.29, 0.717) is 38.3 Å². The smallest absolute Gasteiger partial charge is 0.373 e. The monoisotopic (exact) mass is 478 g/mol. The van der Waals surface area contributed by atoms with Crippen LogP contribution in [-0.4, -0.2) is 47.7 Å². The van der Waals surface area contributed by atoms with Gasteiger partial charge in [0.2, 0.25) is 5.82 Å². The standard InChI is InChI=1S/C25H26N4O6/c1-3-34-25(30)19-12-14-28(15-13-19)23-22(29(31)32)24(27-16-26-23)35-21-10-6-18(7-11-21)17-4-8-20(33-2)9-5-17/h4-11,16,19H,3,12-15H2,1-2H3. The molecule has 0 amide bonds. The molecule has 1 aliphatic rings. The van der Waals surface area contributed by atoms with Gasteiger partial charge in [-0.1, -0.05) is 24.3 Å². The van der Waals surface area contributed by atoms with Crippen LogP contribution in [-0.2, 0) is 9.53 Å². The Morgan fingerprint density at radius 2 is 1.63 bits per heavy atom. The van der Waals surface area contributed by atoms with Crippen LogP contribution < -0.4 is 14.4 Å². The molecule has 0 bridgehead atoms. The van der Waals surface area contributed by atoms with Crippen LogP contribution in [0.3, 0.4) is 0 Å². The van der Waals surface area contributed by atoms with Crippen LogP contribution in [0.1, 0.15) is 19.8 Å². The van der Waals surface area contributed by atoms with Crippen LogP contribution in [0.15, 0.2) is 54.9 Å². The number of anilines is 1. The molecular weight excluding hydrogens is 452 g/mol. The topological polar surface area (TPSA) is 117 Å². The first-order chi connectivity index (χ1) is 17.0. The molecule has 1 fully saturated rings. The average molecular weight is 479 g/mol. The molecule has 4 rings (SSSR count). The highest BCUT2D eigenvalue weighted by atomic mass is 16.6. The number of esters is 1. The summed E-state index contributed by atoms with van der Waals surface area (Å²) in [7, 11) is 1.62. The summed E-state index contributed by atoms with van der Waals surface area (Å²) in [5.41, 5.74) is 1.66.